The van der Waals surface area contributed by atoms with Crippen LogP contribution in [0.3, 0.4) is 0 Å². The lowest BCUT2D eigenvalue weighted by molar-refractivity contribution is -0.142. The fraction of sp³-hybridized carbons (Fsp3) is 0.462. The highest BCUT2D eigenvalue weighted by Gasteiger charge is 2.38. The topological polar surface area (TPSA) is 166 Å². The van der Waals surface area contributed by atoms with Crippen LogP contribution in [0.2, 0.25) is 0 Å². The van der Waals surface area contributed by atoms with Crippen molar-refractivity contribution in [3.05, 3.63) is 43.0 Å². The quantitative estimate of drug-likeness (QED) is 0.250. The Morgan fingerprint density at radius 2 is 1.88 bits per heavy atom. The molecule has 13 nitrogen and oxygen atoms in total. The molecule has 4 aromatic heterocycles. The molecule has 0 saturated heterocycles. The molecule has 3 N–H and O–H groups in total. The minimum Gasteiger partial charge on any atom is -0.390 e. The average Bonchev–Trinajstić information content (AvgIpc) is 3.52. The van der Waals surface area contributed by atoms with Crippen molar-refractivity contribution in [1.82, 2.24) is 39.1 Å². The van der Waals surface area contributed by atoms with Gasteiger partial charge in [0.1, 0.15) is 23.8 Å². The largest absolute Gasteiger partial charge is 0.408 e. The summed E-state index contributed by atoms with van der Waals surface area (Å²) >= 11 is 0. The molecule has 0 atom stereocenters. The summed E-state index contributed by atoms with van der Waals surface area (Å²) in [6.07, 6.45) is 4.83. The standard InChI is InChI=1S/C26H29F3N10O3S/c1-25(40)8-4-17(5-9-25)32-20-12-22(35-36-23(20)19-7-11-38(37-19)15-26(27,28)29)33-21-6-10-30-24(34-21)16-13-31-39(14-16)43(41,42)18-2-3-18/h6-7,10-14,17-18,40H,2-5,8-9,15H2,1H3,(H2,30,32,33,34,35). The molecule has 43 heavy (non-hydrogen) atoms. The van der Waals surface area contributed by atoms with Crippen molar-refractivity contribution in [2.24, 2.45) is 0 Å². The number of halogens is 3. The maximum absolute atomic E-state index is 12.9. The maximum Gasteiger partial charge on any atom is 0.408 e. The Kier molecular flexibility index (Phi) is 7.32. The number of aliphatic hydroxyl groups is 1. The Labute approximate surface area is 244 Å². The predicted octanol–water partition coefficient (Wildman–Crippen LogP) is 3.75. The van der Waals surface area contributed by atoms with E-state index >= 15 is 0 Å². The number of nitrogens with one attached hydrogen (secondary N) is 2. The molecule has 0 aliphatic heterocycles. The third kappa shape index (κ3) is 6.77. The van der Waals surface area contributed by atoms with Gasteiger partial charge in [0.2, 0.25) is 0 Å². The third-order valence-electron chi connectivity index (χ3n) is 7.38. The first-order valence-corrected chi connectivity index (χ1v) is 15.2. The van der Waals surface area contributed by atoms with Crippen molar-refractivity contribution in [2.45, 2.75) is 75.1 Å². The second-order valence-corrected chi connectivity index (χ2v) is 13.2. The summed E-state index contributed by atoms with van der Waals surface area (Å²) in [6, 6.07) is 4.70. The molecular formula is C26H29F3N10O3S. The zero-order valence-corrected chi connectivity index (χ0v) is 23.8. The van der Waals surface area contributed by atoms with Crippen molar-refractivity contribution >= 4 is 27.3 Å². The first-order chi connectivity index (χ1) is 20.3. The van der Waals surface area contributed by atoms with Gasteiger partial charge >= 0.3 is 6.18 Å². The van der Waals surface area contributed by atoms with E-state index in [0.717, 1.165) is 8.77 Å². The van der Waals surface area contributed by atoms with Gasteiger partial charge in [-0.15, -0.1) is 10.2 Å². The second-order valence-electron chi connectivity index (χ2n) is 11.2. The molecular weight excluding hydrogens is 589 g/mol. The lowest BCUT2D eigenvalue weighted by atomic mass is 9.83. The molecule has 2 saturated carbocycles. The Hall–Kier alpha value is -4.12. The van der Waals surface area contributed by atoms with Gasteiger partial charge in [0.25, 0.3) is 10.0 Å². The third-order valence-corrected chi connectivity index (χ3v) is 9.41. The van der Waals surface area contributed by atoms with Crippen molar-refractivity contribution in [1.29, 1.82) is 0 Å². The SMILES string of the molecule is CC1(O)CCC(Nc2cc(Nc3ccnc(-c4cnn(S(=O)(=O)C5CC5)c4)n3)nnc2-c2ccn(CC(F)(F)F)n2)CC1. The van der Waals surface area contributed by atoms with Gasteiger partial charge in [0.15, 0.2) is 11.6 Å². The van der Waals surface area contributed by atoms with Crippen molar-refractivity contribution in [3.8, 4) is 22.8 Å². The molecule has 2 fully saturated rings. The monoisotopic (exact) mass is 618 g/mol. The van der Waals surface area contributed by atoms with E-state index in [9.17, 15) is 26.7 Å². The number of hydrogen-bond donors (Lipinski definition) is 3. The van der Waals surface area contributed by atoms with Crippen LogP contribution in [0.1, 0.15) is 45.4 Å². The van der Waals surface area contributed by atoms with Gasteiger partial charge < -0.3 is 15.7 Å². The number of hydrogen-bond acceptors (Lipinski definition) is 11. The zero-order chi connectivity index (χ0) is 30.4. The molecule has 0 bridgehead atoms. The lowest BCUT2D eigenvalue weighted by Gasteiger charge is -2.34. The van der Waals surface area contributed by atoms with E-state index in [1.54, 1.807) is 19.1 Å². The molecule has 17 heteroatoms. The molecule has 6 rings (SSSR count). The number of nitrogens with zero attached hydrogens (tertiary/aromatic N) is 8. The van der Waals surface area contributed by atoms with Crippen molar-refractivity contribution in [2.75, 3.05) is 10.6 Å². The van der Waals surface area contributed by atoms with E-state index in [0.29, 0.717) is 61.4 Å². The van der Waals surface area contributed by atoms with Gasteiger partial charge in [-0.2, -0.15) is 27.5 Å². The van der Waals surface area contributed by atoms with E-state index in [1.165, 1.54) is 30.9 Å². The van der Waals surface area contributed by atoms with Crippen LogP contribution >= 0.6 is 0 Å². The van der Waals surface area contributed by atoms with Crippen LogP contribution in [0.25, 0.3) is 22.8 Å². The van der Waals surface area contributed by atoms with Crippen molar-refractivity contribution < 1.29 is 26.7 Å². The van der Waals surface area contributed by atoms with E-state index in [-0.39, 0.29) is 23.3 Å². The first-order valence-electron chi connectivity index (χ1n) is 13.7. The smallest absolute Gasteiger partial charge is 0.390 e. The molecule has 2 aliphatic rings. The molecule has 0 spiro atoms. The van der Waals surface area contributed by atoms with Crippen molar-refractivity contribution in [3.63, 3.8) is 0 Å². The Bertz CT molecular complexity index is 1720. The molecule has 4 heterocycles. The van der Waals surface area contributed by atoms with Gasteiger partial charge in [-0.3, -0.25) is 4.68 Å². The number of rotatable bonds is 9. The number of aromatic nitrogens is 8. The summed E-state index contributed by atoms with van der Waals surface area (Å²) in [5.74, 6) is 0.883. The van der Waals surface area contributed by atoms with E-state index in [2.05, 4.69) is 41.0 Å². The van der Waals surface area contributed by atoms with Gasteiger partial charge in [0, 0.05) is 24.5 Å². The molecule has 4 aromatic rings. The second kappa shape index (κ2) is 10.9. The summed E-state index contributed by atoms with van der Waals surface area (Å²) in [4.78, 5) is 8.70. The normalized spacial score (nSPS) is 21.1. The Morgan fingerprint density at radius 3 is 2.60 bits per heavy atom. The zero-order valence-electron chi connectivity index (χ0n) is 23.0. The first kappa shape index (κ1) is 29.0. The molecule has 0 radical (unpaired) electrons. The fourth-order valence-electron chi connectivity index (χ4n) is 4.89. The Balaban J connectivity index is 1.26. The van der Waals surface area contributed by atoms with Crippen LogP contribution in [-0.4, -0.2) is 75.7 Å². The van der Waals surface area contributed by atoms with Crippen LogP contribution in [0, 0.1) is 0 Å². The maximum atomic E-state index is 12.9. The number of anilines is 3. The summed E-state index contributed by atoms with van der Waals surface area (Å²) in [6.45, 7) is 0.562. The van der Waals surface area contributed by atoms with Gasteiger partial charge in [-0.1, -0.05) is 0 Å². The minimum absolute atomic E-state index is 0.0117. The molecule has 0 unspecified atom stereocenters. The van der Waals surface area contributed by atoms with Crippen LogP contribution in [0.4, 0.5) is 30.5 Å². The van der Waals surface area contributed by atoms with Gasteiger partial charge in [-0.05, 0) is 57.6 Å². The molecule has 0 amide bonds. The fourth-order valence-corrected chi connectivity index (χ4v) is 6.37. The highest BCUT2D eigenvalue weighted by molar-refractivity contribution is 7.90. The summed E-state index contributed by atoms with van der Waals surface area (Å²) in [7, 11) is -3.54. The minimum atomic E-state index is -4.43. The predicted molar refractivity (Wildman–Crippen MR) is 150 cm³/mol. The average molecular weight is 619 g/mol. The van der Waals surface area contributed by atoms with Gasteiger partial charge in [0.05, 0.1) is 34.5 Å². The van der Waals surface area contributed by atoms with E-state index in [1.807, 2.05) is 0 Å². The molecule has 228 valence electrons. The number of alkyl halides is 3. The highest BCUT2D eigenvalue weighted by Crippen LogP contribution is 2.34. The summed E-state index contributed by atoms with van der Waals surface area (Å²) < 4.78 is 65.5. The Morgan fingerprint density at radius 1 is 1.12 bits per heavy atom. The van der Waals surface area contributed by atoms with Crippen LogP contribution in [0.5, 0.6) is 0 Å². The molecule has 0 aromatic carbocycles. The lowest BCUT2D eigenvalue weighted by Crippen LogP contribution is -2.35. The van der Waals surface area contributed by atoms with Gasteiger partial charge in [-0.25, -0.2) is 18.4 Å². The summed E-state index contributed by atoms with van der Waals surface area (Å²) in [5, 5.41) is 32.9. The van der Waals surface area contributed by atoms with E-state index < -0.39 is 33.6 Å². The highest BCUT2D eigenvalue weighted by atomic mass is 32.2. The van der Waals surface area contributed by atoms with Crippen LogP contribution in [0.15, 0.2) is 43.0 Å². The van der Waals surface area contributed by atoms with E-state index in [4.69, 9.17) is 0 Å². The van der Waals surface area contributed by atoms with Crippen LogP contribution < -0.4 is 10.6 Å². The summed E-state index contributed by atoms with van der Waals surface area (Å²) in [5.41, 5.74) is 0.665. The molecule has 2 aliphatic carbocycles. The van der Waals surface area contributed by atoms with Crippen LogP contribution in [-0.2, 0) is 16.6 Å².